The van der Waals surface area contributed by atoms with Crippen LogP contribution in [0.1, 0.15) is 18.4 Å². The summed E-state index contributed by atoms with van der Waals surface area (Å²) in [7, 11) is 1.50. The average Bonchev–Trinajstić information content (AvgIpc) is 2.65. The number of hydrogen-bond donors (Lipinski definition) is 3. The van der Waals surface area contributed by atoms with Crippen molar-refractivity contribution < 1.29 is 24.1 Å². The van der Waals surface area contributed by atoms with Crippen LogP contribution in [0.5, 0.6) is 5.88 Å². The van der Waals surface area contributed by atoms with Gasteiger partial charge in [-0.25, -0.2) is 14.2 Å². The number of halogens is 1. The first kappa shape index (κ1) is 19.3. The minimum absolute atomic E-state index is 0.0527. The molecule has 0 saturated carbocycles. The highest BCUT2D eigenvalue weighted by Crippen LogP contribution is 2.24. The van der Waals surface area contributed by atoms with E-state index in [2.05, 4.69) is 15.2 Å². The first-order valence-electron chi connectivity index (χ1n) is 8.98. The molecule has 1 aliphatic heterocycles. The number of likely N-dealkylation sites (tertiary alicyclic amines) is 1. The predicted octanol–water partition coefficient (Wildman–Crippen LogP) is 2.02. The van der Waals surface area contributed by atoms with Crippen molar-refractivity contribution in [2.24, 2.45) is 0 Å². The Bertz CT molecular complexity index is 809. The molecular weight excluding hydrogens is 353 g/mol. The summed E-state index contributed by atoms with van der Waals surface area (Å²) >= 11 is 0. The maximum Gasteiger partial charge on any atom is 0.404 e. The summed E-state index contributed by atoms with van der Waals surface area (Å²) < 4.78 is 19.5. The number of fused-ring (bicyclic) bond motifs is 1. The summed E-state index contributed by atoms with van der Waals surface area (Å²) in [4.78, 5) is 17.1. The molecule has 1 atom stereocenters. The first-order valence-corrected chi connectivity index (χ1v) is 8.98. The van der Waals surface area contributed by atoms with Crippen molar-refractivity contribution in [1.82, 2.24) is 15.2 Å². The highest BCUT2D eigenvalue weighted by Gasteiger charge is 2.23. The molecule has 1 aromatic carbocycles. The van der Waals surface area contributed by atoms with Gasteiger partial charge in [0.05, 0.1) is 18.7 Å². The van der Waals surface area contributed by atoms with E-state index in [1.807, 2.05) is 6.07 Å². The molecule has 1 aromatic heterocycles. The van der Waals surface area contributed by atoms with Crippen LogP contribution in [0.15, 0.2) is 24.3 Å². The lowest BCUT2D eigenvalue weighted by Crippen LogP contribution is -2.46. The van der Waals surface area contributed by atoms with E-state index < -0.39 is 18.0 Å². The SMILES string of the molecule is COc1ccc2ccc(F)c(CC(O)CN3CCC(NC(=O)O)CC3)c2n1. The van der Waals surface area contributed by atoms with E-state index in [1.54, 1.807) is 12.1 Å². The molecule has 1 aliphatic rings. The molecule has 3 rings (SSSR count). The number of amides is 1. The lowest BCUT2D eigenvalue weighted by molar-refractivity contribution is 0.0930. The van der Waals surface area contributed by atoms with Crippen LogP contribution in [0.3, 0.4) is 0 Å². The minimum Gasteiger partial charge on any atom is -0.481 e. The van der Waals surface area contributed by atoms with E-state index >= 15 is 0 Å². The zero-order valence-electron chi connectivity index (χ0n) is 15.2. The number of β-amino-alcohol motifs (C(OH)–C–C–N with tert-alkyl or cyclic N) is 1. The van der Waals surface area contributed by atoms with Crippen molar-refractivity contribution in [3.8, 4) is 5.88 Å². The molecule has 0 aliphatic carbocycles. The number of carboxylic acid groups (broad SMARTS) is 1. The molecule has 27 heavy (non-hydrogen) atoms. The number of nitrogens with one attached hydrogen (secondary N) is 1. The maximum atomic E-state index is 14.4. The summed E-state index contributed by atoms with van der Waals surface area (Å²) in [5.41, 5.74) is 0.874. The van der Waals surface area contributed by atoms with Crippen LogP contribution < -0.4 is 10.1 Å². The number of ether oxygens (including phenoxy) is 1. The normalized spacial score (nSPS) is 17.0. The number of pyridine rings is 1. The van der Waals surface area contributed by atoms with Crippen LogP contribution in [-0.4, -0.2) is 65.1 Å². The van der Waals surface area contributed by atoms with Gasteiger partial charge in [-0.1, -0.05) is 0 Å². The molecule has 0 spiro atoms. The van der Waals surface area contributed by atoms with Crippen LogP contribution in [0.25, 0.3) is 10.9 Å². The lowest BCUT2D eigenvalue weighted by Gasteiger charge is -2.33. The van der Waals surface area contributed by atoms with Crippen molar-refractivity contribution in [2.45, 2.75) is 31.4 Å². The molecule has 2 heterocycles. The summed E-state index contributed by atoms with van der Waals surface area (Å²) in [5.74, 6) is 0.00325. The van der Waals surface area contributed by atoms with Gasteiger partial charge in [-0.05, 0) is 31.0 Å². The van der Waals surface area contributed by atoms with Gasteiger partial charge in [0.1, 0.15) is 5.82 Å². The molecule has 8 heteroatoms. The molecule has 2 aromatic rings. The van der Waals surface area contributed by atoms with Gasteiger partial charge in [-0.2, -0.15) is 0 Å². The molecule has 7 nitrogen and oxygen atoms in total. The Hall–Kier alpha value is -2.45. The Kier molecular flexibility index (Phi) is 6.08. The molecule has 1 fully saturated rings. The van der Waals surface area contributed by atoms with E-state index in [0.29, 0.717) is 49.4 Å². The Balaban J connectivity index is 1.65. The third-order valence-corrected chi connectivity index (χ3v) is 4.92. The van der Waals surface area contributed by atoms with Crippen LogP contribution >= 0.6 is 0 Å². The summed E-state index contributed by atoms with van der Waals surface area (Å²) in [5, 5.41) is 22.6. The Labute approximate surface area is 156 Å². The van der Waals surface area contributed by atoms with Crippen molar-refractivity contribution in [1.29, 1.82) is 0 Å². The Morgan fingerprint density at radius 3 is 2.74 bits per heavy atom. The van der Waals surface area contributed by atoms with Gasteiger partial charge in [0, 0.05) is 49.1 Å². The summed E-state index contributed by atoms with van der Waals surface area (Å²) in [6, 6.07) is 6.53. The van der Waals surface area contributed by atoms with Crippen LogP contribution in [0.2, 0.25) is 0 Å². The number of nitrogens with zero attached hydrogens (tertiary/aromatic N) is 2. The van der Waals surface area contributed by atoms with E-state index in [9.17, 15) is 14.3 Å². The van der Waals surface area contributed by atoms with Crippen molar-refractivity contribution in [3.05, 3.63) is 35.6 Å². The van der Waals surface area contributed by atoms with E-state index in [0.717, 1.165) is 5.39 Å². The monoisotopic (exact) mass is 377 g/mol. The molecular formula is C19H24FN3O4. The number of aliphatic hydroxyl groups is 1. The fourth-order valence-electron chi connectivity index (χ4n) is 3.55. The smallest absolute Gasteiger partial charge is 0.404 e. The van der Waals surface area contributed by atoms with Gasteiger partial charge in [0.2, 0.25) is 5.88 Å². The highest BCUT2D eigenvalue weighted by atomic mass is 19.1. The molecule has 146 valence electrons. The zero-order valence-corrected chi connectivity index (χ0v) is 15.2. The highest BCUT2D eigenvalue weighted by molar-refractivity contribution is 5.82. The number of methoxy groups -OCH3 is 1. The molecule has 3 N–H and O–H groups in total. The fraction of sp³-hybridized carbons (Fsp3) is 0.474. The van der Waals surface area contributed by atoms with Crippen LogP contribution in [0.4, 0.5) is 9.18 Å². The quantitative estimate of drug-likeness (QED) is 0.713. The third kappa shape index (κ3) is 4.84. The van der Waals surface area contributed by atoms with Crippen molar-refractivity contribution >= 4 is 17.0 Å². The average molecular weight is 377 g/mol. The fourth-order valence-corrected chi connectivity index (χ4v) is 3.55. The minimum atomic E-state index is -1.01. The third-order valence-electron chi connectivity index (χ3n) is 4.92. The first-order chi connectivity index (χ1) is 13.0. The molecule has 1 unspecified atom stereocenters. The summed E-state index contributed by atoms with van der Waals surface area (Å²) in [6.07, 6.45) is -0.220. The second-order valence-electron chi connectivity index (χ2n) is 6.83. The maximum absolute atomic E-state index is 14.4. The second kappa shape index (κ2) is 8.49. The zero-order chi connectivity index (χ0) is 19.4. The topological polar surface area (TPSA) is 94.9 Å². The van der Waals surface area contributed by atoms with E-state index in [-0.39, 0.29) is 12.5 Å². The van der Waals surface area contributed by atoms with Gasteiger partial charge < -0.3 is 25.2 Å². The van der Waals surface area contributed by atoms with Gasteiger partial charge in [-0.15, -0.1) is 0 Å². The van der Waals surface area contributed by atoms with Crippen LogP contribution in [-0.2, 0) is 6.42 Å². The van der Waals surface area contributed by atoms with Gasteiger partial charge in [-0.3, -0.25) is 0 Å². The predicted molar refractivity (Wildman–Crippen MR) is 98.6 cm³/mol. The number of piperidine rings is 1. The molecule has 1 saturated heterocycles. The Morgan fingerprint density at radius 1 is 1.37 bits per heavy atom. The van der Waals surface area contributed by atoms with Gasteiger partial charge >= 0.3 is 6.09 Å². The van der Waals surface area contributed by atoms with Gasteiger partial charge in [0.25, 0.3) is 0 Å². The number of aliphatic hydroxyl groups excluding tert-OH is 1. The van der Waals surface area contributed by atoms with Crippen molar-refractivity contribution in [3.63, 3.8) is 0 Å². The van der Waals surface area contributed by atoms with Crippen molar-refractivity contribution in [2.75, 3.05) is 26.7 Å². The van der Waals surface area contributed by atoms with E-state index in [1.165, 1.54) is 13.2 Å². The van der Waals surface area contributed by atoms with Crippen LogP contribution in [0, 0.1) is 5.82 Å². The lowest BCUT2D eigenvalue weighted by atomic mass is 10.0. The van der Waals surface area contributed by atoms with E-state index in [4.69, 9.17) is 9.84 Å². The molecule has 0 bridgehead atoms. The number of rotatable bonds is 6. The molecule has 0 radical (unpaired) electrons. The number of carbonyl (C=O) groups is 1. The van der Waals surface area contributed by atoms with Gasteiger partial charge in [0.15, 0.2) is 0 Å². The molecule has 1 amide bonds. The summed E-state index contributed by atoms with van der Waals surface area (Å²) in [6.45, 7) is 1.78. The number of aromatic nitrogens is 1. The second-order valence-corrected chi connectivity index (χ2v) is 6.83. The largest absolute Gasteiger partial charge is 0.481 e. The Morgan fingerprint density at radius 2 is 2.07 bits per heavy atom. The number of hydrogen-bond acceptors (Lipinski definition) is 5. The standard InChI is InChI=1S/C19H24FN3O4/c1-27-17-5-3-12-2-4-16(20)15(18(12)22-17)10-14(24)11-23-8-6-13(7-9-23)21-19(25)26/h2-5,13-14,21,24H,6-11H2,1H3,(H,25,26). The number of benzene rings is 1.